The number of aryl methyl sites for hydroxylation is 1. The molecule has 1 unspecified atom stereocenters. The van der Waals surface area contributed by atoms with Crippen molar-refractivity contribution in [3.63, 3.8) is 0 Å². The molecule has 0 radical (unpaired) electrons. The van der Waals surface area contributed by atoms with E-state index in [2.05, 4.69) is 34.7 Å². The number of benzene rings is 1. The van der Waals surface area contributed by atoms with Gasteiger partial charge in [-0.3, -0.25) is 16.3 Å². The highest BCUT2D eigenvalue weighted by Crippen LogP contribution is 2.26. The van der Waals surface area contributed by atoms with Crippen LogP contribution in [-0.4, -0.2) is 12.1 Å². The molecule has 2 rings (SSSR count). The number of methoxy groups -OCH3 is 1. The largest absolute Gasteiger partial charge is 0.495 e. The highest BCUT2D eigenvalue weighted by molar-refractivity contribution is 5.32. The topological polar surface area (TPSA) is 60.2 Å². The van der Waals surface area contributed by atoms with Crippen molar-refractivity contribution in [2.75, 3.05) is 7.11 Å². The quantitative estimate of drug-likeness (QED) is 0.600. The van der Waals surface area contributed by atoms with Gasteiger partial charge >= 0.3 is 0 Å². The molecule has 0 bridgehead atoms. The van der Waals surface area contributed by atoms with Gasteiger partial charge in [-0.15, -0.1) is 0 Å². The van der Waals surface area contributed by atoms with Crippen LogP contribution >= 0.6 is 0 Å². The first-order chi connectivity index (χ1) is 9.85. The van der Waals surface area contributed by atoms with Crippen LogP contribution in [0.5, 0.6) is 5.75 Å². The zero-order chi connectivity index (χ0) is 14.2. The Balaban J connectivity index is 1.95. The normalized spacial score (nSPS) is 12.1. The van der Waals surface area contributed by atoms with E-state index in [-0.39, 0.29) is 6.04 Å². The molecule has 0 saturated carbocycles. The summed E-state index contributed by atoms with van der Waals surface area (Å²) in [5.41, 5.74) is 5.28. The van der Waals surface area contributed by atoms with Crippen LogP contribution in [0.15, 0.2) is 48.8 Å². The Labute approximate surface area is 120 Å². The number of hydrogen-bond donors (Lipinski definition) is 2. The summed E-state index contributed by atoms with van der Waals surface area (Å²) in [4.78, 5) is 4.07. The molecule has 0 spiro atoms. The van der Waals surface area contributed by atoms with Crippen molar-refractivity contribution in [2.45, 2.75) is 25.3 Å². The average Bonchev–Trinajstić information content (AvgIpc) is 2.53. The lowest BCUT2D eigenvalue weighted by Crippen LogP contribution is -2.28. The van der Waals surface area contributed by atoms with E-state index in [4.69, 9.17) is 10.6 Å². The van der Waals surface area contributed by atoms with Crippen LogP contribution in [0.4, 0.5) is 0 Å². The molecule has 3 N–H and O–H groups in total. The number of rotatable bonds is 7. The summed E-state index contributed by atoms with van der Waals surface area (Å²) in [6.45, 7) is 0. The van der Waals surface area contributed by atoms with Crippen molar-refractivity contribution in [3.8, 4) is 5.75 Å². The third-order valence-electron chi connectivity index (χ3n) is 3.41. The van der Waals surface area contributed by atoms with Crippen molar-refractivity contribution < 1.29 is 4.74 Å². The Morgan fingerprint density at radius 3 is 2.75 bits per heavy atom. The zero-order valence-corrected chi connectivity index (χ0v) is 11.8. The molecule has 2 aromatic rings. The van der Waals surface area contributed by atoms with E-state index < -0.39 is 0 Å². The van der Waals surface area contributed by atoms with E-state index in [9.17, 15) is 0 Å². The van der Waals surface area contributed by atoms with Crippen LogP contribution in [0.3, 0.4) is 0 Å². The van der Waals surface area contributed by atoms with Gasteiger partial charge in [0.15, 0.2) is 0 Å². The van der Waals surface area contributed by atoms with Gasteiger partial charge in [0, 0.05) is 17.8 Å². The third-order valence-corrected chi connectivity index (χ3v) is 3.41. The molecule has 4 heteroatoms. The predicted octanol–water partition coefficient (Wildman–Crippen LogP) is 2.62. The van der Waals surface area contributed by atoms with Gasteiger partial charge in [-0.05, 0) is 30.9 Å². The standard InChI is InChI=1S/C16H21N3O/c1-20-16-12-18-11-10-14(16)15(19-17)9-5-8-13-6-3-2-4-7-13/h2-4,6-7,10-12,15,19H,5,8-9,17H2,1H3. The number of pyridine rings is 1. The van der Waals surface area contributed by atoms with Crippen molar-refractivity contribution in [1.29, 1.82) is 0 Å². The van der Waals surface area contributed by atoms with Crippen LogP contribution in [0.2, 0.25) is 0 Å². The maximum Gasteiger partial charge on any atom is 0.141 e. The van der Waals surface area contributed by atoms with Gasteiger partial charge in [0.1, 0.15) is 5.75 Å². The molecule has 0 fully saturated rings. The summed E-state index contributed by atoms with van der Waals surface area (Å²) < 4.78 is 5.33. The van der Waals surface area contributed by atoms with Crippen molar-refractivity contribution in [3.05, 3.63) is 59.9 Å². The van der Waals surface area contributed by atoms with Crippen LogP contribution in [0, 0.1) is 0 Å². The molecule has 0 saturated heterocycles. The second kappa shape index (κ2) is 7.62. The number of nitrogens with one attached hydrogen (secondary N) is 1. The van der Waals surface area contributed by atoms with Gasteiger partial charge in [-0.25, -0.2) is 0 Å². The summed E-state index contributed by atoms with van der Waals surface area (Å²) in [5.74, 6) is 6.46. The van der Waals surface area contributed by atoms with Crippen molar-refractivity contribution in [2.24, 2.45) is 5.84 Å². The van der Waals surface area contributed by atoms with Crippen LogP contribution in [-0.2, 0) is 6.42 Å². The SMILES string of the molecule is COc1cnccc1C(CCCc1ccccc1)NN. The van der Waals surface area contributed by atoms with E-state index in [0.717, 1.165) is 30.6 Å². The fourth-order valence-electron chi connectivity index (χ4n) is 2.33. The molecule has 0 aliphatic carbocycles. The molecule has 106 valence electrons. The van der Waals surface area contributed by atoms with Gasteiger partial charge < -0.3 is 4.74 Å². The van der Waals surface area contributed by atoms with E-state index in [0.29, 0.717) is 0 Å². The minimum Gasteiger partial charge on any atom is -0.495 e. The molecular weight excluding hydrogens is 250 g/mol. The lowest BCUT2D eigenvalue weighted by molar-refractivity contribution is 0.392. The predicted molar refractivity (Wildman–Crippen MR) is 80.2 cm³/mol. The highest BCUT2D eigenvalue weighted by Gasteiger charge is 2.14. The second-order valence-electron chi connectivity index (χ2n) is 4.71. The highest BCUT2D eigenvalue weighted by atomic mass is 16.5. The Bertz CT molecular complexity index is 516. The van der Waals surface area contributed by atoms with Crippen LogP contribution in [0.1, 0.15) is 30.0 Å². The van der Waals surface area contributed by atoms with E-state index >= 15 is 0 Å². The Morgan fingerprint density at radius 1 is 1.25 bits per heavy atom. The molecular formula is C16H21N3O. The summed E-state index contributed by atoms with van der Waals surface area (Å²) in [6.07, 6.45) is 6.54. The van der Waals surface area contributed by atoms with Gasteiger partial charge in [-0.2, -0.15) is 0 Å². The van der Waals surface area contributed by atoms with Gasteiger partial charge in [0.05, 0.1) is 13.3 Å². The van der Waals surface area contributed by atoms with Crippen molar-refractivity contribution >= 4 is 0 Å². The van der Waals surface area contributed by atoms with Crippen LogP contribution in [0.25, 0.3) is 0 Å². The second-order valence-corrected chi connectivity index (χ2v) is 4.71. The number of ether oxygens (including phenoxy) is 1. The number of nitrogens with two attached hydrogens (primary N) is 1. The van der Waals surface area contributed by atoms with Gasteiger partial charge in [0.2, 0.25) is 0 Å². The molecule has 0 aliphatic rings. The minimum absolute atomic E-state index is 0.0802. The molecule has 1 aromatic carbocycles. The van der Waals surface area contributed by atoms with E-state index in [1.54, 1.807) is 19.5 Å². The number of aromatic nitrogens is 1. The van der Waals surface area contributed by atoms with Crippen LogP contribution < -0.4 is 16.0 Å². The lowest BCUT2D eigenvalue weighted by Gasteiger charge is -2.18. The fraction of sp³-hybridized carbons (Fsp3) is 0.312. The van der Waals surface area contributed by atoms with E-state index in [1.807, 2.05) is 12.1 Å². The Hall–Kier alpha value is -1.91. The summed E-state index contributed by atoms with van der Waals surface area (Å²) in [7, 11) is 1.65. The van der Waals surface area contributed by atoms with Gasteiger partial charge in [-0.1, -0.05) is 30.3 Å². The molecule has 1 aromatic heterocycles. The maximum atomic E-state index is 5.68. The smallest absolute Gasteiger partial charge is 0.141 e. The molecule has 0 aliphatic heterocycles. The summed E-state index contributed by atoms with van der Waals surface area (Å²) in [6, 6.07) is 12.5. The first-order valence-corrected chi connectivity index (χ1v) is 6.83. The molecule has 0 amide bonds. The lowest BCUT2D eigenvalue weighted by atomic mass is 10.00. The average molecular weight is 271 g/mol. The number of hydrogen-bond acceptors (Lipinski definition) is 4. The number of hydrazine groups is 1. The third kappa shape index (κ3) is 3.79. The van der Waals surface area contributed by atoms with Crippen molar-refractivity contribution in [1.82, 2.24) is 10.4 Å². The van der Waals surface area contributed by atoms with Gasteiger partial charge in [0.25, 0.3) is 0 Å². The summed E-state index contributed by atoms with van der Waals surface area (Å²) in [5, 5.41) is 0. The van der Waals surface area contributed by atoms with E-state index in [1.165, 1.54) is 5.56 Å². The number of nitrogens with zero attached hydrogens (tertiary/aromatic N) is 1. The molecule has 1 atom stereocenters. The minimum atomic E-state index is 0.0802. The molecule has 1 heterocycles. The fourth-order valence-corrected chi connectivity index (χ4v) is 2.33. The monoisotopic (exact) mass is 271 g/mol. The maximum absolute atomic E-state index is 5.68. The molecule has 4 nitrogen and oxygen atoms in total. The molecule has 20 heavy (non-hydrogen) atoms. The Kier molecular flexibility index (Phi) is 5.53. The first kappa shape index (κ1) is 14.5. The Morgan fingerprint density at radius 2 is 2.05 bits per heavy atom. The first-order valence-electron chi connectivity index (χ1n) is 6.83. The zero-order valence-electron chi connectivity index (χ0n) is 11.8. The summed E-state index contributed by atoms with van der Waals surface area (Å²) >= 11 is 0.